The van der Waals surface area contributed by atoms with Crippen LogP contribution in [-0.4, -0.2) is 21.6 Å². The lowest BCUT2D eigenvalue weighted by atomic mass is 10.1. The van der Waals surface area contributed by atoms with Crippen molar-refractivity contribution in [2.75, 3.05) is 11.9 Å². The zero-order valence-corrected chi connectivity index (χ0v) is 11.0. The number of nitrogens with one attached hydrogen (secondary N) is 1. The van der Waals surface area contributed by atoms with Gasteiger partial charge in [0.2, 0.25) is 0 Å². The molecule has 20 heavy (non-hydrogen) atoms. The fourth-order valence-electron chi connectivity index (χ4n) is 1.89. The van der Waals surface area contributed by atoms with Crippen LogP contribution in [0, 0.1) is 17.0 Å². The molecule has 0 radical (unpaired) electrons. The number of nitro groups is 1. The molecule has 0 bridgehead atoms. The van der Waals surface area contributed by atoms with Crippen molar-refractivity contribution in [1.82, 2.24) is 4.98 Å². The maximum absolute atomic E-state index is 10.7. The lowest BCUT2D eigenvalue weighted by Gasteiger charge is -2.13. The fraction of sp³-hybridized carbons (Fsp3) is 0.214. The van der Waals surface area contributed by atoms with Gasteiger partial charge in [-0.3, -0.25) is 15.1 Å². The van der Waals surface area contributed by atoms with Crippen molar-refractivity contribution in [2.24, 2.45) is 0 Å². The Balaban J connectivity index is 2.01. The van der Waals surface area contributed by atoms with Crippen molar-refractivity contribution in [3.8, 4) is 0 Å². The Labute approximate surface area is 116 Å². The number of aliphatic hydroxyl groups is 1. The number of nitro benzene ring substituents is 1. The van der Waals surface area contributed by atoms with Gasteiger partial charge in [0.05, 0.1) is 11.0 Å². The zero-order valence-electron chi connectivity index (χ0n) is 11.0. The van der Waals surface area contributed by atoms with Gasteiger partial charge < -0.3 is 10.4 Å². The molecule has 1 aromatic carbocycles. The monoisotopic (exact) mass is 273 g/mol. The second-order valence-electron chi connectivity index (χ2n) is 4.44. The van der Waals surface area contributed by atoms with Gasteiger partial charge in [0.25, 0.3) is 5.69 Å². The van der Waals surface area contributed by atoms with Crippen molar-refractivity contribution in [3.05, 3.63) is 64.0 Å². The van der Waals surface area contributed by atoms with Crippen molar-refractivity contribution >= 4 is 11.4 Å². The first-order valence-corrected chi connectivity index (χ1v) is 6.15. The minimum atomic E-state index is -0.659. The van der Waals surface area contributed by atoms with E-state index in [0.717, 1.165) is 11.3 Å². The van der Waals surface area contributed by atoms with Gasteiger partial charge in [0, 0.05) is 36.3 Å². The molecule has 0 saturated heterocycles. The smallest absolute Gasteiger partial charge is 0.272 e. The van der Waals surface area contributed by atoms with Crippen LogP contribution in [0.5, 0.6) is 0 Å². The molecule has 2 N–H and O–H groups in total. The molecule has 6 nitrogen and oxygen atoms in total. The standard InChI is InChI=1S/C14H15N3O3/c1-10-8-12(2-3-13(10)17(19)20)16-9-14(18)11-4-6-15-7-5-11/h2-8,14,16,18H,9H2,1H3/t14-/m0/s1. The van der Waals surface area contributed by atoms with E-state index in [1.807, 2.05) is 0 Å². The number of hydrogen-bond acceptors (Lipinski definition) is 5. The van der Waals surface area contributed by atoms with Crippen LogP contribution in [-0.2, 0) is 0 Å². The van der Waals surface area contributed by atoms with E-state index < -0.39 is 11.0 Å². The van der Waals surface area contributed by atoms with Crippen molar-refractivity contribution in [2.45, 2.75) is 13.0 Å². The molecule has 0 amide bonds. The Morgan fingerprint density at radius 2 is 2.05 bits per heavy atom. The highest BCUT2D eigenvalue weighted by atomic mass is 16.6. The molecule has 0 unspecified atom stereocenters. The molecule has 2 rings (SSSR count). The van der Waals surface area contributed by atoms with Crippen molar-refractivity contribution in [1.29, 1.82) is 0 Å². The zero-order chi connectivity index (χ0) is 14.5. The lowest BCUT2D eigenvalue weighted by Crippen LogP contribution is -2.12. The summed E-state index contributed by atoms with van der Waals surface area (Å²) in [4.78, 5) is 14.2. The molecular weight excluding hydrogens is 258 g/mol. The first kappa shape index (κ1) is 14.0. The average molecular weight is 273 g/mol. The van der Waals surface area contributed by atoms with Crippen LogP contribution in [0.1, 0.15) is 17.2 Å². The van der Waals surface area contributed by atoms with Crippen LogP contribution >= 0.6 is 0 Å². The summed E-state index contributed by atoms with van der Waals surface area (Å²) in [5, 5.41) is 23.8. The first-order valence-electron chi connectivity index (χ1n) is 6.15. The number of anilines is 1. The van der Waals surface area contributed by atoms with Crippen molar-refractivity contribution < 1.29 is 10.0 Å². The molecule has 0 aliphatic heterocycles. The summed E-state index contributed by atoms with van der Waals surface area (Å²) in [6.45, 7) is 2.00. The number of rotatable bonds is 5. The summed E-state index contributed by atoms with van der Waals surface area (Å²) in [5.41, 5.74) is 2.18. The Kier molecular flexibility index (Phi) is 4.27. The second-order valence-corrected chi connectivity index (χ2v) is 4.44. The molecule has 0 saturated carbocycles. The van der Waals surface area contributed by atoms with Gasteiger partial charge in [-0.15, -0.1) is 0 Å². The van der Waals surface area contributed by atoms with Gasteiger partial charge in [-0.1, -0.05) is 0 Å². The SMILES string of the molecule is Cc1cc(NC[C@H](O)c2ccncc2)ccc1[N+](=O)[O-]. The van der Waals surface area contributed by atoms with Crippen LogP contribution in [0.4, 0.5) is 11.4 Å². The van der Waals surface area contributed by atoms with Gasteiger partial charge >= 0.3 is 0 Å². The van der Waals surface area contributed by atoms with E-state index in [2.05, 4.69) is 10.3 Å². The Bertz CT molecular complexity index is 602. The maximum Gasteiger partial charge on any atom is 0.272 e. The molecule has 104 valence electrons. The highest BCUT2D eigenvalue weighted by Crippen LogP contribution is 2.22. The molecular formula is C14H15N3O3. The summed E-state index contributed by atoms with van der Waals surface area (Å²) < 4.78 is 0. The van der Waals surface area contributed by atoms with Crippen LogP contribution < -0.4 is 5.32 Å². The van der Waals surface area contributed by atoms with Crippen LogP contribution in [0.25, 0.3) is 0 Å². The Morgan fingerprint density at radius 3 is 2.65 bits per heavy atom. The van der Waals surface area contributed by atoms with E-state index in [1.165, 1.54) is 6.07 Å². The van der Waals surface area contributed by atoms with E-state index >= 15 is 0 Å². The van der Waals surface area contributed by atoms with E-state index in [9.17, 15) is 15.2 Å². The highest BCUT2D eigenvalue weighted by Gasteiger charge is 2.11. The molecule has 0 fully saturated rings. The van der Waals surface area contributed by atoms with Crippen molar-refractivity contribution in [3.63, 3.8) is 0 Å². The number of aromatic nitrogens is 1. The van der Waals surface area contributed by atoms with Gasteiger partial charge in [0.15, 0.2) is 0 Å². The van der Waals surface area contributed by atoms with Gasteiger partial charge in [-0.25, -0.2) is 0 Å². The minimum Gasteiger partial charge on any atom is -0.387 e. The summed E-state index contributed by atoms with van der Waals surface area (Å²) in [5.74, 6) is 0. The molecule has 2 aromatic rings. The Morgan fingerprint density at radius 1 is 1.35 bits per heavy atom. The lowest BCUT2D eigenvalue weighted by molar-refractivity contribution is -0.385. The first-order chi connectivity index (χ1) is 9.58. The predicted octanol–water partition coefficient (Wildman–Crippen LogP) is 2.44. The number of hydrogen-bond donors (Lipinski definition) is 2. The summed E-state index contributed by atoms with van der Waals surface area (Å²) >= 11 is 0. The third-order valence-electron chi connectivity index (χ3n) is 2.98. The topological polar surface area (TPSA) is 88.3 Å². The number of nitrogens with zero attached hydrogens (tertiary/aromatic N) is 2. The molecule has 0 aliphatic carbocycles. The highest BCUT2D eigenvalue weighted by molar-refractivity contribution is 5.53. The normalized spacial score (nSPS) is 11.9. The van der Waals surface area contributed by atoms with Gasteiger partial charge in [-0.05, 0) is 36.8 Å². The van der Waals surface area contributed by atoms with Gasteiger partial charge in [-0.2, -0.15) is 0 Å². The third-order valence-corrected chi connectivity index (χ3v) is 2.98. The van der Waals surface area contributed by atoms with E-state index in [4.69, 9.17) is 0 Å². The average Bonchev–Trinajstić information content (AvgIpc) is 2.45. The Hall–Kier alpha value is -2.47. The summed E-state index contributed by atoms with van der Waals surface area (Å²) in [7, 11) is 0. The molecule has 6 heteroatoms. The summed E-state index contributed by atoms with van der Waals surface area (Å²) in [6.07, 6.45) is 2.58. The van der Waals surface area contributed by atoms with E-state index in [0.29, 0.717) is 12.1 Å². The van der Waals surface area contributed by atoms with Crippen LogP contribution in [0.15, 0.2) is 42.7 Å². The van der Waals surface area contributed by atoms with E-state index in [1.54, 1.807) is 43.6 Å². The fourth-order valence-corrected chi connectivity index (χ4v) is 1.89. The van der Waals surface area contributed by atoms with E-state index in [-0.39, 0.29) is 5.69 Å². The predicted molar refractivity (Wildman–Crippen MR) is 75.5 cm³/mol. The van der Waals surface area contributed by atoms with Gasteiger partial charge in [0.1, 0.15) is 0 Å². The molecule has 1 heterocycles. The second kappa shape index (κ2) is 6.12. The largest absolute Gasteiger partial charge is 0.387 e. The van der Waals surface area contributed by atoms with Crippen LogP contribution in [0.2, 0.25) is 0 Å². The number of aliphatic hydroxyl groups excluding tert-OH is 1. The third kappa shape index (κ3) is 3.30. The number of benzene rings is 1. The minimum absolute atomic E-state index is 0.0882. The maximum atomic E-state index is 10.7. The molecule has 0 spiro atoms. The van der Waals surface area contributed by atoms with Crippen LogP contribution in [0.3, 0.4) is 0 Å². The molecule has 0 aliphatic rings. The number of aryl methyl sites for hydroxylation is 1. The molecule has 1 aromatic heterocycles. The summed E-state index contributed by atoms with van der Waals surface area (Å²) in [6, 6.07) is 8.26. The molecule has 1 atom stereocenters. The quantitative estimate of drug-likeness (QED) is 0.645. The number of pyridine rings is 1.